The smallest absolute Gasteiger partial charge is 0.165 e. The maximum atomic E-state index is 11.1. The Labute approximate surface area is 95.9 Å². The van der Waals surface area contributed by atoms with Crippen LogP contribution >= 0.6 is 11.8 Å². The van der Waals surface area contributed by atoms with Crippen LogP contribution in [-0.2, 0) is 4.79 Å². The molecule has 0 saturated heterocycles. The van der Waals surface area contributed by atoms with Crippen molar-refractivity contribution in [1.29, 1.82) is 0 Å². The lowest BCUT2D eigenvalue weighted by Crippen LogP contribution is -2.00. The molecule has 0 fully saturated rings. The largest absolute Gasteiger partial charge is 0.294 e. The van der Waals surface area contributed by atoms with Gasteiger partial charge in [-0.2, -0.15) is 0 Å². The maximum absolute atomic E-state index is 11.1. The van der Waals surface area contributed by atoms with Crippen molar-refractivity contribution in [2.24, 2.45) is 4.99 Å². The molecule has 0 aliphatic carbocycles. The van der Waals surface area contributed by atoms with E-state index in [4.69, 9.17) is 0 Å². The van der Waals surface area contributed by atoms with Gasteiger partial charge in [-0.1, -0.05) is 30.5 Å². The first-order chi connectivity index (χ1) is 6.90. The molecule has 0 rings (SSSR count). The number of Topliss-reactive ketones (excluding diaryl/α,β-unsaturated/α-hetero) is 1. The van der Waals surface area contributed by atoms with Crippen LogP contribution in [0.2, 0.25) is 0 Å². The van der Waals surface area contributed by atoms with E-state index in [1.165, 1.54) is 30.5 Å². The van der Waals surface area contributed by atoms with Gasteiger partial charge in [0.15, 0.2) is 5.78 Å². The molecule has 0 N–H and O–H groups in total. The highest BCUT2D eigenvalue weighted by molar-refractivity contribution is 8.18. The fourth-order valence-corrected chi connectivity index (χ4v) is 1.55. The first-order valence-corrected chi connectivity index (χ1v) is 5.42. The van der Waals surface area contributed by atoms with Gasteiger partial charge in [0, 0.05) is 11.1 Å². The summed E-state index contributed by atoms with van der Waals surface area (Å²) in [6.45, 7) is 14.7. The molecule has 82 valence electrons. The molecule has 0 unspecified atom stereocenters. The van der Waals surface area contributed by atoms with Crippen LogP contribution < -0.4 is 0 Å². The van der Waals surface area contributed by atoms with Crippen molar-refractivity contribution in [3.8, 4) is 0 Å². The Hall–Kier alpha value is -1.09. The molecular formula is C12H17NOS. The van der Waals surface area contributed by atoms with Gasteiger partial charge in [-0.3, -0.25) is 4.79 Å². The van der Waals surface area contributed by atoms with Crippen molar-refractivity contribution in [3.63, 3.8) is 0 Å². The average Bonchev–Trinajstić information content (AvgIpc) is 2.15. The SMILES string of the molecule is C=C/N=C(/SC(=C)C(C)=O)C(C)=C(C)C. The normalized spacial score (nSPS) is 10.8. The number of thioether (sulfide) groups is 1. The number of rotatable bonds is 4. The second-order valence-electron chi connectivity index (χ2n) is 3.32. The molecule has 15 heavy (non-hydrogen) atoms. The van der Waals surface area contributed by atoms with Crippen molar-refractivity contribution < 1.29 is 4.79 Å². The predicted molar refractivity (Wildman–Crippen MR) is 69.1 cm³/mol. The number of ketones is 1. The summed E-state index contributed by atoms with van der Waals surface area (Å²) in [5.74, 6) is -0.0293. The summed E-state index contributed by atoms with van der Waals surface area (Å²) in [7, 11) is 0. The monoisotopic (exact) mass is 223 g/mol. The van der Waals surface area contributed by atoms with Gasteiger partial charge < -0.3 is 0 Å². The fourth-order valence-electron chi connectivity index (χ4n) is 0.685. The molecule has 0 atom stereocenters. The summed E-state index contributed by atoms with van der Waals surface area (Å²) in [6.07, 6.45) is 1.47. The third-order valence-corrected chi connectivity index (χ3v) is 3.03. The van der Waals surface area contributed by atoms with E-state index < -0.39 is 0 Å². The Morgan fingerprint density at radius 3 is 2.13 bits per heavy atom. The lowest BCUT2D eigenvalue weighted by atomic mass is 10.2. The van der Waals surface area contributed by atoms with Crippen molar-refractivity contribution in [2.45, 2.75) is 27.7 Å². The standard InChI is InChI=1S/C12H17NOS/c1-7-13-12(9(4)8(2)3)15-11(6)10(5)14/h7H,1,6H2,2-5H3/b13-12+. The summed E-state index contributed by atoms with van der Waals surface area (Å²) >= 11 is 1.29. The molecule has 0 saturated carbocycles. The van der Waals surface area contributed by atoms with Gasteiger partial charge in [-0.05, 0) is 33.3 Å². The minimum absolute atomic E-state index is 0.0293. The van der Waals surface area contributed by atoms with Crippen LogP contribution in [0.15, 0.2) is 40.4 Å². The topological polar surface area (TPSA) is 29.4 Å². The van der Waals surface area contributed by atoms with Crippen molar-refractivity contribution >= 4 is 22.6 Å². The Balaban J connectivity index is 4.96. The molecule has 0 bridgehead atoms. The highest BCUT2D eigenvalue weighted by Gasteiger charge is 2.09. The van der Waals surface area contributed by atoms with E-state index in [9.17, 15) is 4.79 Å². The Bertz CT molecular complexity index is 347. The van der Waals surface area contributed by atoms with E-state index in [0.717, 1.165) is 10.6 Å². The molecule has 3 heteroatoms. The van der Waals surface area contributed by atoms with Gasteiger partial charge >= 0.3 is 0 Å². The van der Waals surface area contributed by atoms with Gasteiger partial charge in [0.05, 0.1) is 0 Å². The van der Waals surface area contributed by atoms with Gasteiger partial charge in [0.25, 0.3) is 0 Å². The van der Waals surface area contributed by atoms with E-state index >= 15 is 0 Å². The van der Waals surface area contributed by atoms with Crippen molar-refractivity contribution in [1.82, 2.24) is 0 Å². The van der Waals surface area contributed by atoms with Gasteiger partial charge in [0.2, 0.25) is 0 Å². The molecular weight excluding hydrogens is 206 g/mol. The molecule has 0 aliphatic rings. The number of aliphatic imine (C=N–C) groups is 1. The third-order valence-electron chi connectivity index (χ3n) is 1.89. The van der Waals surface area contributed by atoms with Crippen molar-refractivity contribution in [3.05, 3.63) is 35.4 Å². The van der Waals surface area contributed by atoms with Crippen LogP contribution in [0.5, 0.6) is 0 Å². The lowest BCUT2D eigenvalue weighted by molar-refractivity contribution is -0.112. The minimum Gasteiger partial charge on any atom is -0.294 e. The lowest BCUT2D eigenvalue weighted by Gasteiger charge is -2.07. The zero-order chi connectivity index (χ0) is 12.0. The summed E-state index contributed by atoms with van der Waals surface area (Å²) < 4.78 is 0. The van der Waals surface area contributed by atoms with Gasteiger partial charge in [-0.25, -0.2) is 4.99 Å². The minimum atomic E-state index is -0.0293. The first-order valence-electron chi connectivity index (χ1n) is 4.61. The second kappa shape index (κ2) is 6.40. The van der Waals surface area contributed by atoms with E-state index in [-0.39, 0.29) is 5.78 Å². The van der Waals surface area contributed by atoms with Crippen LogP contribution in [0.3, 0.4) is 0 Å². The molecule has 2 nitrogen and oxygen atoms in total. The van der Waals surface area contributed by atoms with Crippen molar-refractivity contribution in [2.75, 3.05) is 0 Å². The molecule has 0 radical (unpaired) electrons. The van der Waals surface area contributed by atoms with E-state index in [2.05, 4.69) is 18.2 Å². The van der Waals surface area contributed by atoms with E-state index in [1.54, 1.807) is 0 Å². The number of nitrogens with zero attached hydrogens (tertiary/aromatic N) is 1. The Kier molecular flexibility index (Phi) is 5.94. The second-order valence-corrected chi connectivity index (χ2v) is 4.41. The number of hydrogen-bond acceptors (Lipinski definition) is 3. The molecule has 0 aromatic carbocycles. The molecule has 0 heterocycles. The molecule has 0 amide bonds. The number of allylic oxidation sites excluding steroid dienone is 2. The predicted octanol–water partition coefficient (Wildman–Crippen LogP) is 3.72. The van der Waals surface area contributed by atoms with Crippen LogP contribution in [0.1, 0.15) is 27.7 Å². The van der Waals surface area contributed by atoms with E-state index in [1.807, 2.05) is 20.8 Å². The zero-order valence-electron chi connectivity index (χ0n) is 9.76. The number of hydrogen-bond donors (Lipinski definition) is 0. The van der Waals surface area contributed by atoms with Crippen LogP contribution in [-0.4, -0.2) is 10.8 Å². The van der Waals surface area contributed by atoms with Crippen LogP contribution in [0.25, 0.3) is 0 Å². The molecule has 0 spiro atoms. The van der Waals surface area contributed by atoms with Crippen LogP contribution in [0.4, 0.5) is 0 Å². The summed E-state index contributed by atoms with van der Waals surface area (Å²) in [4.78, 5) is 15.7. The third kappa shape index (κ3) is 4.79. The maximum Gasteiger partial charge on any atom is 0.165 e. The van der Waals surface area contributed by atoms with Gasteiger partial charge in [0.1, 0.15) is 5.04 Å². The molecule has 0 aromatic heterocycles. The summed E-state index contributed by atoms with van der Waals surface area (Å²) in [5, 5.41) is 0.783. The quantitative estimate of drug-likeness (QED) is 0.413. The number of carbonyl (C=O) groups excluding carboxylic acids is 1. The Morgan fingerprint density at radius 2 is 1.80 bits per heavy atom. The highest BCUT2D eigenvalue weighted by Crippen LogP contribution is 2.23. The summed E-state index contributed by atoms with van der Waals surface area (Å²) in [5.41, 5.74) is 2.22. The molecule has 0 aliphatic heterocycles. The Morgan fingerprint density at radius 1 is 1.27 bits per heavy atom. The van der Waals surface area contributed by atoms with E-state index in [0.29, 0.717) is 4.91 Å². The highest BCUT2D eigenvalue weighted by atomic mass is 32.2. The molecule has 0 aromatic rings. The first kappa shape index (κ1) is 13.9. The summed E-state index contributed by atoms with van der Waals surface area (Å²) in [6, 6.07) is 0. The van der Waals surface area contributed by atoms with Crippen LogP contribution in [0, 0.1) is 0 Å². The van der Waals surface area contributed by atoms with Gasteiger partial charge in [-0.15, -0.1) is 0 Å². The number of carbonyl (C=O) groups is 1. The zero-order valence-corrected chi connectivity index (χ0v) is 10.6. The average molecular weight is 223 g/mol. The fraction of sp³-hybridized carbons (Fsp3) is 0.333.